The Morgan fingerprint density at radius 2 is 2.29 bits per heavy atom. The number of halogens is 1. The molecule has 5 nitrogen and oxygen atoms in total. The number of esters is 1. The summed E-state index contributed by atoms with van der Waals surface area (Å²) in [7, 11) is 1.26. The van der Waals surface area contributed by atoms with E-state index in [0.717, 1.165) is 0 Å². The van der Waals surface area contributed by atoms with Crippen LogP contribution in [-0.2, 0) is 4.74 Å². The Hall–Kier alpha value is -1.36. The van der Waals surface area contributed by atoms with Gasteiger partial charge in [0.15, 0.2) is 5.69 Å². The highest BCUT2D eigenvalue weighted by Gasteiger charge is 2.12. The molecule has 1 aromatic heterocycles. The van der Waals surface area contributed by atoms with Gasteiger partial charge in [-0.1, -0.05) is 11.6 Å². The highest BCUT2D eigenvalue weighted by Crippen LogP contribution is 2.20. The van der Waals surface area contributed by atoms with E-state index in [1.165, 1.54) is 13.2 Å². The molecule has 0 unspecified atom stereocenters. The minimum absolute atomic E-state index is 0.0564. The Balaban J connectivity index is 2.94. The maximum absolute atomic E-state index is 11.0. The van der Waals surface area contributed by atoms with Crippen molar-refractivity contribution in [3.63, 3.8) is 0 Å². The molecule has 0 radical (unpaired) electrons. The van der Waals surface area contributed by atoms with E-state index in [1.54, 1.807) is 6.92 Å². The van der Waals surface area contributed by atoms with Gasteiger partial charge in [-0.25, -0.2) is 4.79 Å². The zero-order valence-corrected chi connectivity index (χ0v) is 8.54. The summed E-state index contributed by atoms with van der Waals surface area (Å²) in [5.41, 5.74) is 0.0564. The van der Waals surface area contributed by atoms with Crippen molar-refractivity contribution in [1.82, 2.24) is 10.2 Å². The number of rotatable bonds is 3. The van der Waals surface area contributed by atoms with Crippen molar-refractivity contribution in [2.45, 2.75) is 6.92 Å². The molecule has 76 valence electrons. The number of hydrogen-bond acceptors (Lipinski definition) is 5. The summed E-state index contributed by atoms with van der Waals surface area (Å²) >= 11 is 5.77. The lowest BCUT2D eigenvalue weighted by Crippen LogP contribution is -2.07. The third-order valence-corrected chi connectivity index (χ3v) is 1.66. The van der Waals surface area contributed by atoms with Gasteiger partial charge in [0.1, 0.15) is 5.02 Å². The first-order chi connectivity index (χ1) is 6.69. The standard InChI is InChI=1S/C8H9ClN2O3/c1-3-14-7-5(9)4-6(10-11-7)8(12)13-2/h4H,3H2,1-2H3. The molecule has 14 heavy (non-hydrogen) atoms. The van der Waals surface area contributed by atoms with Crippen LogP contribution in [0.3, 0.4) is 0 Å². The summed E-state index contributed by atoms with van der Waals surface area (Å²) in [5, 5.41) is 7.47. The number of nitrogens with zero attached hydrogens (tertiary/aromatic N) is 2. The summed E-state index contributed by atoms with van der Waals surface area (Å²) < 4.78 is 9.50. The molecular weight excluding hydrogens is 208 g/mol. The molecule has 0 bridgehead atoms. The summed E-state index contributed by atoms with van der Waals surface area (Å²) in [6.45, 7) is 2.23. The van der Waals surface area contributed by atoms with Gasteiger partial charge >= 0.3 is 5.97 Å². The van der Waals surface area contributed by atoms with Gasteiger partial charge in [-0.3, -0.25) is 0 Å². The van der Waals surface area contributed by atoms with Gasteiger partial charge in [0.2, 0.25) is 0 Å². The molecule has 1 heterocycles. The SMILES string of the molecule is CCOc1nnc(C(=O)OC)cc1Cl. The zero-order valence-electron chi connectivity index (χ0n) is 7.78. The van der Waals surface area contributed by atoms with E-state index in [9.17, 15) is 4.79 Å². The molecular formula is C8H9ClN2O3. The van der Waals surface area contributed by atoms with E-state index in [0.29, 0.717) is 6.61 Å². The lowest BCUT2D eigenvalue weighted by Gasteiger charge is -2.03. The summed E-state index contributed by atoms with van der Waals surface area (Å²) in [6.07, 6.45) is 0. The first kappa shape index (κ1) is 10.7. The molecule has 0 spiro atoms. The lowest BCUT2D eigenvalue weighted by molar-refractivity contribution is 0.0592. The Bertz CT molecular complexity index is 343. The normalized spacial score (nSPS) is 9.64. The third-order valence-electron chi connectivity index (χ3n) is 1.39. The van der Waals surface area contributed by atoms with Crippen LogP contribution in [0.4, 0.5) is 0 Å². The fourth-order valence-corrected chi connectivity index (χ4v) is 0.992. The van der Waals surface area contributed by atoms with Gasteiger partial charge in [0.05, 0.1) is 13.7 Å². The van der Waals surface area contributed by atoms with Crippen molar-refractivity contribution >= 4 is 17.6 Å². The number of aromatic nitrogens is 2. The molecule has 0 atom stereocenters. The fourth-order valence-electron chi connectivity index (χ4n) is 0.797. The molecule has 0 amide bonds. The smallest absolute Gasteiger partial charge is 0.358 e. The maximum atomic E-state index is 11.0. The molecule has 0 aliphatic carbocycles. The van der Waals surface area contributed by atoms with Gasteiger partial charge < -0.3 is 9.47 Å². The van der Waals surface area contributed by atoms with Crippen LogP contribution in [0.2, 0.25) is 5.02 Å². The van der Waals surface area contributed by atoms with Crippen LogP contribution in [0.15, 0.2) is 6.07 Å². The van der Waals surface area contributed by atoms with Crippen LogP contribution in [0.25, 0.3) is 0 Å². The Labute approximate surface area is 86.0 Å². The molecule has 0 fully saturated rings. The second-order valence-corrected chi connectivity index (χ2v) is 2.71. The number of carbonyl (C=O) groups is 1. The predicted octanol–water partition coefficient (Wildman–Crippen LogP) is 1.32. The Morgan fingerprint density at radius 1 is 1.57 bits per heavy atom. The van der Waals surface area contributed by atoms with Crippen molar-refractivity contribution in [1.29, 1.82) is 0 Å². The van der Waals surface area contributed by atoms with Crippen LogP contribution < -0.4 is 4.74 Å². The predicted molar refractivity (Wildman–Crippen MR) is 49.6 cm³/mol. The van der Waals surface area contributed by atoms with E-state index in [2.05, 4.69) is 14.9 Å². The quantitative estimate of drug-likeness (QED) is 0.713. The Kier molecular flexibility index (Phi) is 3.64. The van der Waals surface area contributed by atoms with Crippen LogP contribution in [-0.4, -0.2) is 29.9 Å². The molecule has 0 aliphatic rings. The van der Waals surface area contributed by atoms with Crippen LogP contribution >= 0.6 is 11.6 Å². The molecule has 1 rings (SSSR count). The zero-order chi connectivity index (χ0) is 10.6. The fraction of sp³-hybridized carbons (Fsp3) is 0.375. The molecule has 0 saturated heterocycles. The van der Waals surface area contributed by atoms with Crippen molar-refractivity contribution in [3.8, 4) is 5.88 Å². The summed E-state index contributed by atoms with van der Waals surface area (Å²) in [5.74, 6) is -0.371. The van der Waals surface area contributed by atoms with Crippen LogP contribution in [0.5, 0.6) is 5.88 Å². The van der Waals surface area contributed by atoms with E-state index in [1.807, 2.05) is 0 Å². The first-order valence-corrected chi connectivity index (χ1v) is 4.31. The van der Waals surface area contributed by atoms with Crippen molar-refractivity contribution in [2.24, 2.45) is 0 Å². The monoisotopic (exact) mass is 216 g/mol. The minimum Gasteiger partial charge on any atom is -0.476 e. The number of ether oxygens (including phenoxy) is 2. The summed E-state index contributed by atoms with van der Waals surface area (Å²) in [6, 6.07) is 1.35. The number of hydrogen-bond donors (Lipinski definition) is 0. The molecule has 0 aliphatic heterocycles. The second kappa shape index (κ2) is 4.76. The Morgan fingerprint density at radius 3 is 2.79 bits per heavy atom. The van der Waals surface area contributed by atoms with Crippen molar-refractivity contribution < 1.29 is 14.3 Å². The molecule has 6 heteroatoms. The largest absolute Gasteiger partial charge is 0.476 e. The molecule has 0 N–H and O–H groups in total. The van der Waals surface area contributed by atoms with E-state index in [-0.39, 0.29) is 16.6 Å². The maximum Gasteiger partial charge on any atom is 0.358 e. The van der Waals surface area contributed by atoms with Crippen molar-refractivity contribution in [3.05, 3.63) is 16.8 Å². The van der Waals surface area contributed by atoms with Gasteiger partial charge in [0, 0.05) is 0 Å². The molecule has 0 aromatic carbocycles. The van der Waals surface area contributed by atoms with Gasteiger partial charge in [-0.05, 0) is 13.0 Å². The minimum atomic E-state index is -0.581. The van der Waals surface area contributed by atoms with E-state index in [4.69, 9.17) is 16.3 Å². The average Bonchev–Trinajstić information content (AvgIpc) is 2.20. The average molecular weight is 217 g/mol. The summed E-state index contributed by atoms with van der Waals surface area (Å²) in [4.78, 5) is 11.0. The van der Waals surface area contributed by atoms with Gasteiger partial charge in [-0.2, -0.15) is 0 Å². The van der Waals surface area contributed by atoms with Gasteiger partial charge in [0.25, 0.3) is 5.88 Å². The highest BCUT2D eigenvalue weighted by atomic mass is 35.5. The van der Waals surface area contributed by atoms with Gasteiger partial charge in [-0.15, -0.1) is 10.2 Å². The topological polar surface area (TPSA) is 61.3 Å². The molecule has 0 saturated carbocycles. The lowest BCUT2D eigenvalue weighted by atomic mass is 10.4. The van der Waals surface area contributed by atoms with Crippen LogP contribution in [0, 0.1) is 0 Å². The molecule has 1 aromatic rings. The highest BCUT2D eigenvalue weighted by molar-refractivity contribution is 6.32. The van der Waals surface area contributed by atoms with Crippen molar-refractivity contribution in [2.75, 3.05) is 13.7 Å². The number of carbonyl (C=O) groups excluding carboxylic acids is 1. The number of methoxy groups -OCH3 is 1. The van der Waals surface area contributed by atoms with Crippen LogP contribution in [0.1, 0.15) is 17.4 Å². The van der Waals surface area contributed by atoms with E-state index >= 15 is 0 Å². The first-order valence-electron chi connectivity index (χ1n) is 3.93. The second-order valence-electron chi connectivity index (χ2n) is 2.31. The van der Waals surface area contributed by atoms with E-state index < -0.39 is 5.97 Å². The third kappa shape index (κ3) is 2.32.